The van der Waals surface area contributed by atoms with Crippen molar-refractivity contribution in [2.45, 2.75) is 83.5 Å². The van der Waals surface area contributed by atoms with Crippen LogP contribution in [0.25, 0.3) is 0 Å². The van der Waals surface area contributed by atoms with Crippen molar-refractivity contribution in [3.05, 3.63) is 60.2 Å². The average molecular weight is 472 g/mol. The van der Waals surface area contributed by atoms with E-state index in [0.717, 1.165) is 19.3 Å². The molecule has 1 amide bonds. The third kappa shape index (κ3) is 9.82. The molecule has 2 rings (SSSR count). The molecule has 6 nitrogen and oxygen atoms in total. The van der Waals surface area contributed by atoms with Crippen molar-refractivity contribution in [3.8, 4) is 0 Å². The van der Waals surface area contributed by atoms with Crippen molar-refractivity contribution in [1.82, 2.24) is 5.32 Å². The van der Waals surface area contributed by atoms with Gasteiger partial charge in [0.1, 0.15) is 6.10 Å². The van der Waals surface area contributed by atoms with Crippen LogP contribution in [0, 0.1) is 11.8 Å². The fraction of sp³-hybridized carbons (Fsp3) is 0.571. The van der Waals surface area contributed by atoms with E-state index in [-0.39, 0.29) is 29.8 Å². The van der Waals surface area contributed by atoms with E-state index in [1.165, 1.54) is 5.56 Å². The number of carbonyl (C=O) groups is 2. The number of esters is 1. The molecule has 0 aromatic heterocycles. The summed E-state index contributed by atoms with van der Waals surface area (Å²) in [5.74, 6) is -0.443. The van der Waals surface area contributed by atoms with E-state index in [4.69, 9.17) is 4.74 Å². The van der Waals surface area contributed by atoms with Crippen LogP contribution in [0.1, 0.15) is 64.4 Å². The van der Waals surface area contributed by atoms with Crippen LogP contribution in [0.4, 0.5) is 0 Å². The summed E-state index contributed by atoms with van der Waals surface area (Å²) in [6.45, 7) is 4.31. The Balaban J connectivity index is 1.93. The van der Waals surface area contributed by atoms with Gasteiger partial charge in [0, 0.05) is 37.6 Å². The number of carbonyl (C=O) groups excluding carboxylic acids is 2. The lowest BCUT2D eigenvalue weighted by atomic mass is 9.89. The second-order valence-electron chi connectivity index (χ2n) is 8.96. The lowest BCUT2D eigenvalue weighted by molar-refractivity contribution is -0.150. The first-order valence-electron chi connectivity index (χ1n) is 12.6. The molecule has 0 spiro atoms. The monoisotopic (exact) mass is 471 g/mol. The van der Waals surface area contributed by atoms with Gasteiger partial charge < -0.3 is 20.3 Å². The number of aliphatic hydroxyl groups is 2. The number of unbranched alkanes of at least 4 members (excludes halogenated alkanes) is 1. The van der Waals surface area contributed by atoms with Gasteiger partial charge in [0.15, 0.2) is 0 Å². The Labute approximate surface area is 204 Å². The van der Waals surface area contributed by atoms with Gasteiger partial charge in [-0.25, -0.2) is 0 Å². The zero-order valence-corrected chi connectivity index (χ0v) is 20.6. The molecule has 0 heterocycles. The fourth-order valence-electron chi connectivity index (χ4n) is 4.42. The first-order valence-corrected chi connectivity index (χ1v) is 12.6. The standard InChI is InChI=1S/C28H41NO5/c1-3-28(33)34-26-20-25(31)23(19-18-22(30)17-16-21-12-8-7-9-13-21)24(26)14-10-5-6-11-15-27(32)29-4-2/h5,7-10,12-13,18-19,22-26,30-31H,3-4,6,11,14-17,20H2,1-2H3,(H,29,32)/t22-,23+,24+,25+,26-/m0/s1. The first kappa shape index (κ1) is 27.8. The summed E-state index contributed by atoms with van der Waals surface area (Å²) >= 11 is 0. The largest absolute Gasteiger partial charge is 0.462 e. The van der Waals surface area contributed by atoms with Gasteiger partial charge in [-0.1, -0.05) is 61.6 Å². The highest BCUT2D eigenvalue weighted by Gasteiger charge is 2.42. The maximum absolute atomic E-state index is 11.9. The maximum Gasteiger partial charge on any atom is 0.305 e. The highest BCUT2D eigenvalue weighted by atomic mass is 16.5. The third-order valence-corrected chi connectivity index (χ3v) is 6.31. The number of nitrogens with one attached hydrogen (secondary N) is 1. The van der Waals surface area contributed by atoms with Crippen molar-refractivity contribution in [2.75, 3.05) is 6.54 Å². The van der Waals surface area contributed by atoms with E-state index in [9.17, 15) is 19.8 Å². The molecule has 0 unspecified atom stereocenters. The molecule has 1 fully saturated rings. The number of aliphatic hydroxyl groups excluding tert-OH is 2. The van der Waals surface area contributed by atoms with Gasteiger partial charge in [0.2, 0.25) is 5.91 Å². The molecule has 6 heteroatoms. The van der Waals surface area contributed by atoms with Crippen LogP contribution in [0.2, 0.25) is 0 Å². The van der Waals surface area contributed by atoms with Crippen molar-refractivity contribution in [3.63, 3.8) is 0 Å². The summed E-state index contributed by atoms with van der Waals surface area (Å²) in [7, 11) is 0. The number of amides is 1. The van der Waals surface area contributed by atoms with E-state index in [1.807, 2.05) is 43.3 Å². The quantitative estimate of drug-likeness (QED) is 0.216. The summed E-state index contributed by atoms with van der Waals surface area (Å²) in [5.41, 5.74) is 1.18. The maximum atomic E-state index is 11.9. The Bertz CT molecular complexity index is 791. The molecular formula is C28H41NO5. The van der Waals surface area contributed by atoms with Crippen molar-refractivity contribution >= 4 is 11.9 Å². The van der Waals surface area contributed by atoms with Crippen molar-refractivity contribution in [2.24, 2.45) is 11.8 Å². The minimum Gasteiger partial charge on any atom is -0.462 e. The van der Waals surface area contributed by atoms with Crippen LogP contribution in [0.5, 0.6) is 0 Å². The van der Waals surface area contributed by atoms with Crippen LogP contribution < -0.4 is 5.32 Å². The average Bonchev–Trinajstić information content (AvgIpc) is 3.12. The molecular weight excluding hydrogens is 430 g/mol. The minimum atomic E-state index is -0.622. The van der Waals surface area contributed by atoms with E-state index in [0.29, 0.717) is 38.6 Å². The molecule has 188 valence electrons. The predicted molar refractivity (Wildman–Crippen MR) is 134 cm³/mol. The number of allylic oxidation sites excluding steroid dienone is 2. The Morgan fingerprint density at radius 3 is 2.68 bits per heavy atom. The second-order valence-corrected chi connectivity index (χ2v) is 8.96. The van der Waals surface area contributed by atoms with E-state index < -0.39 is 12.2 Å². The molecule has 1 aliphatic rings. The first-order chi connectivity index (χ1) is 16.4. The summed E-state index contributed by atoms with van der Waals surface area (Å²) in [6, 6.07) is 10.0. The molecule has 1 aromatic carbocycles. The van der Waals surface area contributed by atoms with Crippen LogP contribution in [0.3, 0.4) is 0 Å². The number of benzene rings is 1. The molecule has 0 aliphatic heterocycles. The van der Waals surface area contributed by atoms with Crippen LogP contribution in [-0.2, 0) is 20.7 Å². The summed E-state index contributed by atoms with van der Waals surface area (Å²) in [5, 5.41) is 23.9. The molecule has 0 saturated heterocycles. The number of hydrogen-bond acceptors (Lipinski definition) is 5. The van der Waals surface area contributed by atoms with Gasteiger partial charge in [-0.05, 0) is 44.6 Å². The van der Waals surface area contributed by atoms with Crippen LogP contribution >= 0.6 is 0 Å². The molecule has 0 bridgehead atoms. The van der Waals surface area contributed by atoms with Crippen LogP contribution in [0.15, 0.2) is 54.6 Å². The number of hydrogen-bond donors (Lipinski definition) is 3. The third-order valence-electron chi connectivity index (χ3n) is 6.31. The van der Waals surface area contributed by atoms with Gasteiger partial charge in [-0.3, -0.25) is 9.59 Å². The molecule has 3 N–H and O–H groups in total. The number of aryl methyl sites for hydroxylation is 1. The van der Waals surface area contributed by atoms with Gasteiger partial charge in [0.25, 0.3) is 0 Å². The molecule has 34 heavy (non-hydrogen) atoms. The smallest absolute Gasteiger partial charge is 0.305 e. The highest BCUT2D eigenvalue weighted by Crippen LogP contribution is 2.38. The minimum absolute atomic E-state index is 0.0530. The molecule has 5 atom stereocenters. The zero-order valence-electron chi connectivity index (χ0n) is 20.6. The second kappa shape index (κ2) is 15.5. The fourth-order valence-corrected chi connectivity index (χ4v) is 4.42. The lowest BCUT2D eigenvalue weighted by Gasteiger charge is -2.22. The Morgan fingerprint density at radius 2 is 1.97 bits per heavy atom. The SMILES string of the molecule is CCNC(=O)CCCC=CC[C@@H]1[C@@H](C=C[C@@H](O)CCc2ccccc2)[C@H](O)C[C@@H]1OC(=O)CC. The summed E-state index contributed by atoms with van der Waals surface area (Å²) in [6.07, 6.45) is 11.0. The van der Waals surface area contributed by atoms with Gasteiger partial charge >= 0.3 is 5.97 Å². The normalized spacial score (nSPS) is 23.4. The van der Waals surface area contributed by atoms with E-state index in [1.54, 1.807) is 13.0 Å². The number of rotatable bonds is 14. The van der Waals surface area contributed by atoms with Gasteiger partial charge in [0.05, 0.1) is 12.2 Å². The van der Waals surface area contributed by atoms with E-state index >= 15 is 0 Å². The molecule has 0 radical (unpaired) electrons. The topological polar surface area (TPSA) is 95.9 Å². The summed E-state index contributed by atoms with van der Waals surface area (Å²) < 4.78 is 5.64. The van der Waals surface area contributed by atoms with Crippen LogP contribution in [-0.4, -0.2) is 46.9 Å². The molecule has 1 aliphatic carbocycles. The lowest BCUT2D eigenvalue weighted by Crippen LogP contribution is -2.25. The van der Waals surface area contributed by atoms with E-state index in [2.05, 4.69) is 17.5 Å². The Kier molecular flexibility index (Phi) is 12.6. The number of ether oxygens (including phenoxy) is 1. The van der Waals surface area contributed by atoms with Gasteiger partial charge in [-0.2, -0.15) is 0 Å². The Hall–Kier alpha value is -2.44. The zero-order chi connectivity index (χ0) is 24.8. The van der Waals surface area contributed by atoms with Crippen molar-refractivity contribution in [1.29, 1.82) is 0 Å². The molecule has 1 aromatic rings. The summed E-state index contributed by atoms with van der Waals surface area (Å²) in [4.78, 5) is 23.5. The predicted octanol–water partition coefficient (Wildman–Crippen LogP) is 4.11. The van der Waals surface area contributed by atoms with Gasteiger partial charge in [-0.15, -0.1) is 0 Å². The Morgan fingerprint density at radius 1 is 1.21 bits per heavy atom. The molecule has 1 saturated carbocycles. The van der Waals surface area contributed by atoms with Crippen molar-refractivity contribution < 1.29 is 24.5 Å². The highest BCUT2D eigenvalue weighted by molar-refractivity contribution is 5.75.